The molecule has 25 heavy (non-hydrogen) atoms. The highest BCUT2D eigenvalue weighted by molar-refractivity contribution is 5.97. The third kappa shape index (κ3) is 2.80. The van der Waals surface area contributed by atoms with E-state index in [1.807, 2.05) is 60.7 Å². The molecule has 0 amide bonds. The van der Waals surface area contributed by atoms with Crippen LogP contribution in [-0.4, -0.2) is 21.6 Å². The Labute approximate surface area is 145 Å². The van der Waals surface area contributed by atoms with Crippen LogP contribution in [0.3, 0.4) is 0 Å². The first-order valence-electron chi connectivity index (χ1n) is 8.02. The van der Waals surface area contributed by atoms with Crippen molar-refractivity contribution in [2.75, 3.05) is 12.4 Å². The van der Waals surface area contributed by atoms with Crippen LogP contribution in [0.2, 0.25) is 0 Å². The molecule has 2 heterocycles. The number of pyridine rings is 1. The van der Waals surface area contributed by atoms with E-state index in [0.29, 0.717) is 0 Å². The standard InChI is InChI=1S/C20H18N4O/c1-24-13-21-12-18(24)15-7-5-6-14-11-22-20(10-16(14)15)23-17-8-3-4-9-19(17)25-2/h3-13H,1-2H3,(H,22,23). The predicted octanol–water partition coefficient (Wildman–Crippen LogP) is 4.39. The number of imidazole rings is 1. The molecule has 1 N–H and O–H groups in total. The fourth-order valence-electron chi connectivity index (χ4n) is 2.96. The maximum Gasteiger partial charge on any atom is 0.142 e. The largest absolute Gasteiger partial charge is 0.495 e. The monoisotopic (exact) mass is 330 g/mol. The van der Waals surface area contributed by atoms with E-state index in [1.165, 1.54) is 0 Å². The maximum atomic E-state index is 5.40. The van der Waals surface area contributed by atoms with Gasteiger partial charge in [-0.05, 0) is 23.6 Å². The zero-order valence-electron chi connectivity index (χ0n) is 14.1. The van der Waals surface area contributed by atoms with Gasteiger partial charge in [0.25, 0.3) is 0 Å². The molecular formula is C20H18N4O. The van der Waals surface area contributed by atoms with Gasteiger partial charge in [-0.2, -0.15) is 0 Å². The molecule has 4 rings (SSSR count). The van der Waals surface area contributed by atoms with E-state index in [2.05, 4.69) is 33.5 Å². The van der Waals surface area contributed by atoms with Gasteiger partial charge in [-0.25, -0.2) is 9.97 Å². The van der Waals surface area contributed by atoms with Crippen molar-refractivity contribution >= 4 is 22.3 Å². The fraction of sp³-hybridized carbons (Fsp3) is 0.100. The number of aryl methyl sites for hydroxylation is 1. The molecule has 0 fully saturated rings. The zero-order chi connectivity index (χ0) is 17.2. The number of fused-ring (bicyclic) bond motifs is 1. The number of benzene rings is 2. The minimum Gasteiger partial charge on any atom is -0.495 e. The molecule has 5 nitrogen and oxygen atoms in total. The van der Waals surface area contributed by atoms with Crippen LogP contribution in [0, 0.1) is 0 Å². The van der Waals surface area contributed by atoms with E-state index in [0.717, 1.165) is 39.3 Å². The van der Waals surface area contributed by atoms with Gasteiger partial charge in [0.2, 0.25) is 0 Å². The van der Waals surface area contributed by atoms with Crippen molar-refractivity contribution in [2.24, 2.45) is 7.05 Å². The van der Waals surface area contributed by atoms with E-state index >= 15 is 0 Å². The first kappa shape index (κ1) is 15.2. The molecule has 0 atom stereocenters. The van der Waals surface area contributed by atoms with Crippen molar-refractivity contribution in [2.45, 2.75) is 0 Å². The van der Waals surface area contributed by atoms with E-state index in [-0.39, 0.29) is 0 Å². The Balaban J connectivity index is 1.81. The number of methoxy groups -OCH3 is 1. The van der Waals surface area contributed by atoms with Crippen LogP contribution in [0.25, 0.3) is 22.0 Å². The second kappa shape index (κ2) is 6.28. The molecule has 2 aromatic carbocycles. The summed E-state index contributed by atoms with van der Waals surface area (Å²) in [7, 11) is 3.66. The number of hydrogen-bond acceptors (Lipinski definition) is 4. The van der Waals surface area contributed by atoms with Crippen LogP contribution in [0.15, 0.2) is 67.3 Å². The smallest absolute Gasteiger partial charge is 0.142 e. The molecule has 0 spiro atoms. The van der Waals surface area contributed by atoms with Crippen molar-refractivity contribution in [3.05, 3.63) is 67.3 Å². The third-order valence-electron chi connectivity index (χ3n) is 4.23. The van der Waals surface area contributed by atoms with Crippen molar-refractivity contribution in [3.8, 4) is 17.0 Å². The minimum absolute atomic E-state index is 0.770. The van der Waals surface area contributed by atoms with E-state index in [4.69, 9.17) is 4.74 Å². The summed E-state index contributed by atoms with van der Waals surface area (Å²) < 4.78 is 7.42. The summed E-state index contributed by atoms with van der Waals surface area (Å²) >= 11 is 0. The lowest BCUT2D eigenvalue weighted by molar-refractivity contribution is 0.417. The van der Waals surface area contributed by atoms with E-state index in [1.54, 1.807) is 7.11 Å². The lowest BCUT2D eigenvalue weighted by Crippen LogP contribution is -1.97. The average Bonchev–Trinajstić information content (AvgIpc) is 3.07. The summed E-state index contributed by atoms with van der Waals surface area (Å²) in [5.74, 6) is 1.55. The van der Waals surface area contributed by atoms with Gasteiger partial charge in [0.05, 0.1) is 31.0 Å². The minimum atomic E-state index is 0.770. The van der Waals surface area contributed by atoms with Gasteiger partial charge in [0, 0.05) is 24.2 Å². The lowest BCUT2D eigenvalue weighted by Gasteiger charge is -2.12. The number of ether oxygens (including phenoxy) is 1. The number of nitrogens with zero attached hydrogens (tertiary/aromatic N) is 3. The number of aromatic nitrogens is 3. The number of para-hydroxylation sites is 2. The molecule has 0 saturated carbocycles. The molecule has 4 aromatic rings. The Morgan fingerprint density at radius 2 is 1.92 bits per heavy atom. The number of rotatable bonds is 4. The molecule has 0 unspecified atom stereocenters. The van der Waals surface area contributed by atoms with Crippen LogP contribution in [0.5, 0.6) is 5.75 Å². The molecular weight excluding hydrogens is 312 g/mol. The zero-order valence-corrected chi connectivity index (χ0v) is 14.1. The molecule has 2 aromatic heterocycles. The normalized spacial score (nSPS) is 10.8. The summed E-state index contributed by atoms with van der Waals surface area (Å²) in [4.78, 5) is 8.77. The quantitative estimate of drug-likeness (QED) is 0.603. The summed E-state index contributed by atoms with van der Waals surface area (Å²) in [6.45, 7) is 0. The van der Waals surface area contributed by atoms with Gasteiger partial charge >= 0.3 is 0 Å². The van der Waals surface area contributed by atoms with Crippen molar-refractivity contribution in [3.63, 3.8) is 0 Å². The van der Waals surface area contributed by atoms with Crippen LogP contribution < -0.4 is 10.1 Å². The van der Waals surface area contributed by atoms with Gasteiger partial charge < -0.3 is 14.6 Å². The van der Waals surface area contributed by atoms with Crippen LogP contribution in [0.4, 0.5) is 11.5 Å². The summed E-state index contributed by atoms with van der Waals surface area (Å²) in [6, 6.07) is 16.1. The van der Waals surface area contributed by atoms with Gasteiger partial charge in [0.1, 0.15) is 11.6 Å². The average molecular weight is 330 g/mol. The number of anilines is 2. The number of hydrogen-bond donors (Lipinski definition) is 1. The Bertz CT molecular complexity index is 1040. The highest BCUT2D eigenvalue weighted by Crippen LogP contribution is 2.31. The SMILES string of the molecule is COc1ccccc1Nc1cc2c(-c3cncn3C)cccc2cn1. The first-order valence-corrected chi connectivity index (χ1v) is 8.02. The molecule has 0 aliphatic heterocycles. The summed E-state index contributed by atoms with van der Waals surface area (Å²) in [5.41, 5.74) is 3.08. The van der Waals surface area contributed by atoms with Gasteiger partial charge in [-0.3, -0.25) is 0 Å². The number of nitrogens with one attached hydrogen (secondary N) is 1. The fourth-order valence-corrected chi connectivity index (χ4v) is 2.96. The van der Waals surface area contributed by atoms with Crippen LogP contribution in [-0.2, 0) is 7.05 Å². The van der Waals surface area contributed by atoms with Crippen molar-refractivity contribution < 1.29 is 4.74 Å². The second-order valence-corrected chi connectivity index (χ2v) is 5.81. The summed E-state index contributed by atoms with van der Waals surface area (Å²) in [6.07, 6.45) is 5.57. The molecule has 0 bridgehead atoms. The highest BCUT2D eigenvalue weighted by atomic mass is 16.5. The summed E-state index contributed by atoms with van der Waals surface area (Å²) in [5, 5.41) is 5.56. The first-order chi connectivity index (χ1) is 12.3. The molecule has 0 saturated heterocycles. The topological polar surface area (TPSA) is 52.0 Å². The van der Waals surface area contributed by atoms with Gasteiger partial charge in [-0.1, -0.05) is 30.3 Å². The molecule has 0 aliphatic rings. The highest BCUT2D eigenvalue weighted by Gasteiger charge is 2.09. The molecule has 5 heteroatoms. The van der Waals surface area contributed by atoms with Crippen LogP contribution in [0.1, 0.15) is 0 Å². The predicted molar refractivity (Wildman–Crippen MR) is 100 cm³/mol. The van der Waals surface area contributed by atoms with Gasteiger partial charge in [-0.15, -0.1) is 0 Å². The lowest BCUT2D eigenvalue weighted by atomic mass is 10.0. The van der Waals surface area contributed by atoms with Crippen LogP contribution >= 0.6 is 0 Å². The third-order valence-corrected chi connectivity index (χ3v) is 4.23. The van der Waals surface area contributed by atoms with E-state index < -0.39 is 0 Å². The second-order valence-electron chi connectivity index (χ2n) is 5.81. The Morgan fingerprint density at radius 3 is 2.72 bits per heavy atom. The van der Waals surface area contributed by atoms with E-state index in [9.17, 15) is 0 Å². The Morgan fingerprint density at radius 1 is 1.04 bits per heavy atom. The van der Waals surface area contributed by atoms with Crippen molar-refractivity contribution in [1.29, 1.82) is 0 Å². The maximum absolute atomic E-state index is 5.40. The molecule has 0 radical (unpaired) electrons. The Kier molecular flexibility index (Phi) is 3.82. The Hall–Kier alpha value is -3.34. The van der Waals surface area contributed by atoms with Gasteiger partial charge in [0.15, 0.2) is 0 Å². The molecule has 0 aliphatic carbocycles. The van der Waals surface area contributed by atoms with Crippen molar-refractivity contribution in [1.82, 2.24) is 14.5 Å². The molecule has 124 valence electrons.